The lowest BCUT2D eigenvalue weighted by Gasteiger charge is -2.24. The van der Waals surface area contributed by atoms with Gasteiger partial charge in [-0.25, -0.2) is 0 Å². The standard InChI is InChI=1S/C20H24N2O4/c1-13-9-14-7-5-6-8-16(14)22(13)12-19(23)21-15-10-17(24-2)20(26-4)18(11-15)25-3/h5-8,10-11,13H,9,12H2,1-4H3,(H,21,23)/t13-/m1/s1. The number of para-hydroxylation sites is 1. The molecule has 1 heterocycles. The molecular weight excluding hydrogens is 332 g/mol. The summed E-state index contributed by atoms with van der Waals surface area (Å²) in [5.41, 5.74) is 3.00. The van der Waals surface area contributed by atoms with E-state index in [0.29, 0.717) is 22.9 Å². The van der Waals surface area contributed by atoms with Crippen LogP contribution < -0.4 is 24.4 Å². The fourth-order valence-electron chi connectivity index (χ4n) is 3.38. The van der Waals surface area contributed by atoms with Crippen LogP contribution in [-0.2, 0) is 11.2 Å². The molecule has 1 atom stereocenters. The van der Waals surface area contributed by atoms with Gasteiger partial charge in [0, 0.05) is 29.5 Å². The molecule has 3 rings (SSSR count). The molecule has 0 aliphatic carbocycles. The van der Waals surface area contributed by atoms with E-state index in [4.69, 9.17) is 14.2 Å². The number of nitrogens with one attached hydrogen (secondary N) is 1. The molecule has 2 aromatic carbocycles. The van der Waals surface area contributed by atoms with Gasteiger partial charge in [-0.2, -0.15) is 0 Å². The number of ether oxygens (including phenoxy) is 3. The molecule has 6 nitrogen and oxygen atoms in total. The van der Waals surface area contributed by atoms with Crippen LogP contribution in [0.2, 0.25) is 0 Å². The molecule has 0 radical (unpaired) electrons. The van der Waals surface area contributed by atoms with Crippen LogP contribution in [-0.4, -0.2) is 39.8 Å². The minimum atomic E-state index is -0.0946. The Morgan fingerprint density at radius 1 is 1.12 bits per heavy atom. The fourth-order valence-corrected chi connectivity index (χ4v) is 3.38. The van der Waals surface area contributed by atoms with E-state index in [2.05, 4.69) is 29.3 Å². The van der Waals surface area contributed by atoms with Crippen LogP contribution in [0.5, 0.6) is 17.2 Å². The zero-order chi connectivity index (χ0) is 18.7. The van der Waals surface area contributed by atoms with Crippen molar-refractivity contribution in [3.8, 4) is 17.2 Å². The van der Waals surface area contributed by atoms with E-state index < -0.39 is 0 Å². The summed E-state index contributed by atoms with van der Waals surface area (Å²) in [6.07, 6.45) is 0.952. The predicted molar refractivity (Wildman–Crippen MR) is 102 cm³/mol. The predicted octanol–water partition coefficient (Wildman–Crippen LogP) is 3.10. The molecule has 1 aliphatic heterocycles. The number of fused-ring (bicyclic) bond motifs is 1. The highest BCUT2D eigenvalue weighted by molar-refractivity contribution is 5.95. The van der Waals surface area contributed by atoms with Crippen LogP contribution in [0.3, 0.4) is 0 Å². The van der Waals surface area contributed by atoms with Crippen LogP contribution in [0.1, 0.15) is 12.5 Å². The molecule has 0 saturated carbocycles. The first kappa shape index (κ1) is 17.9. The average molecular weight is 356 g/mol. The van der Waals surface area contributed by atoms with Crippen molar-refractivity contribution < 1.29 is 19.0 Å². The topological polar surface area (TPSA) is 60.0 Å². The van der Waals surface area contributed by atoms with E-state index in [9.17, 15) is 4.79 Å². The lowest BCUT2D eigenvalue weighted by molar-refractivity contribution is -0.115. The van der Waals surface area contributed by atoms with Crippen molar-refractivity contribution in [2.75, 3.05) is 38.1 Å². The van der Waals surface area contributed by atoms with E-state index in [1.165, 1.54) is 5.56 Å². The summed E-state index contributed by atoms with van der Waals surface area (Å²) in [6, 6.07) is 11.9. The highest BCUT2D eigenvalue weighted by Gasteiger charge is 2.27. The van der Waals surface area contributed by atoms with Crippen molar-refractivity contribution in [3.05, 3.63) is 42.0 Å². The van der Waals surface area contributed by atoms with E-state index in [1.54, 1.807) is 33.5 Å². The van der Waals surface area contributed by atoms with Crippen molar-refractivity contribution in [2.24, 2.45) is 0 Å². The molecule has 0 spiro atoms. The number of hydrogen-bond donors (Lipinski definition) is 1. The van der Waals surface area contributed by atoms with E-state index >= 15 is 0 Å². The molecule has 1 N–H and O–H groups in total. The Morgan fingerprint density at radius 2 is 1.77 bits per heavy atom. The van der Waals surface area contributed by atoms with Crippen molar-refractivity contribution in [3.63, 3.8) is 0 Å². The van der Waals surface area contributed by atoms with Gasteiger partial charge in [0.05, 0.1) is 27.9 Å². The molecule has 6 heteroatoms. The highest BCUT2D eigenvalue weighted by atomic mass is 16.5. The number of amides is 1. The second kappa shape index (κ2) is 7.56. The Bertz CT molecular complexity index is 781. The van der Waals surface area contributed by atoms with Gasteiger partial charge in [-0.05, 0) is 25.0 Å². The zero-order valence-electron chi connectivity index (χ0n) is 15.5. The maximum Gasteiger partial charge on any atom is 0.243 e. The Balaban J connectivity index is 1.76. The summed E-state index contributed by atoms with van der Waals surface area (Å²) < 4.78 is 16.0. The summed E-state index contributed by atoms with van der Waals surface area (Å²) in [7, 11) is 4.64. The van der Waals surface area contributed by atoms with Crippen molar-refractivity contribution in [1.82, 2.24) is 0 Å². The number of anilines is 2. The summed E-state index contributed by atoms with van der Waals surface area (Å²) in [5.74, 6) is 1.40. The molecule has 26 heavy (non-hydrogen) atoms. The third kappa shape index (κ3) is 3.40. The van der Waals surface area contributed by atoms with E-state index in [1.807, 2.05) is 12.1 Å². The molecule has 0 unspecified atom stereocenters. The Kier molecular flexibility index (Phi) is 5.21. The van der Waals surface area contributed by atoms with Crippen LogP contribution in [0.25, 0.3) is 0 Å². The number of benzene rings is 2. The largest absolute Gasteiger partial charge is 0.493 e. The Labute approximate surface area is 153 Å². The number of hydrogen-bond acceptors (Lipinski definition) is 5. The van der Waals surface area contributed by atoms with Gasteiger partial charge in [0.1, 0.15) is 0 Å². The zero-order valence-corrected chi connectivity index (χ0v) is 15.5. The summed E-state index contributed by atoms with van der Waals surface area (Å²) >= 11 is 0. The SMILES string of the molecule is COc1cc(NC(=O)CN2c3ccccc3C[C@H]2C)cc(OC)c1OC. The first-order valence-corrected chi connectivity index (χ1v) is 8.51. The van der Waals surface area contributed by atoms with Gasteiger partial charge in [0.25, 0.3) is 0 Å². The monoisotopic (exact) mass is 356 g/mol. The Morgan fingerprint density at radius 3 is 2.38 bits per heavy atom. The number of methoxy groups -OCH3 is 3. The molecule has 0 saturated heterocycles. The summed E-state index contributed by atoms with van der Waals surface area (Å²) in [6.45, 7) is 2.42. The minimum absolute atomic E-state index is 0.0946. The van der Waals surface area contributed by atoms with Crippen molar-refractivity contribution in [2.45, 2.75) is 19.4 Å². The fraction of sp³-hybridized carbons (Fsp3) is 0.350. The third-order valence-electron chi connectivity index (χ3n) is 4.61. The molecule has 2 aromatic rings. The molecular formula is C20H24N2O4. The van der Waals surface area contributed by atoms with Crippen LogP contribution >= 0.6 is 0 Å². The molecule has 0 bridgehead atoms. The minimum Gasteiger partial charge on any atom is -0.493 e. The quantitative estimate of drug-likeness (QED) is 0.862. The maximum absolute atomic E-state index is 12.6. The van der Waals surface area contributed by atoms with Gasteiger partial charge in [0.15, 0.2) is 11.5 Å². The van der Waals surface area contributed by atoms with Gasteiger partial charge in [-0.1, -0.05) is 18.2 Å². The molecule has 138 valence electrons. The molecule has 1 amide bonds. The average Bonchev–Trinajstić information content (AvgIpc) is 2.96. The first-order valence-electron chi connectivity index (χ1n) is 8.51. The first-order chi connectivity index (χ1) is 12.6. The van der Waals surface area contributed by atoms with E-state index in [0.717, 1.165) is 12.1 Å². The van der Waals surface area contributed by atoms with Crippen LogP contribution in [0.15, 0.2) is 36.4 Å². The van der Waals surface area contributed by atoms with Crippen molar-refractivity contribution in [1.29, 1.82) is 0 Å². The Hall–Kier alpha value is -2.89. The van der Waals surface area contributed by atoms with Crippen molar-refractivity contribution >= 4 is 17.3 Å². The molecule has 0 aromatic heterocycles. The molecule has 0 fully saturated rings. The smallest absolute Gasteiger partial charge is 0.243 e. The highest BCUT2D eigenvalue weighted by Crippen LogP contribution is 2.40. The normalized spacial score (nSPS) is 15.4. The van der Waals surface area contributed by atoms with Gasteiger partial charge in [0.2, 0.25) is 11.7 Å². The van der Waals surface area contributed by atoms with Crippen LogP contribution in [0, 0.1) is 0 Å². The summed E-state index contributed by atoms with van der Waals surface area (Å²) in [5, 5.41) is 2.92. The van der Waals surface area contributed by atoms with Gasteiger partial charge < -0.3 is 24.4 Å². The van der Waals surface area contributed by atoms with Gasteiger partial charge >= 0.3 is 0 Å². The van der Waals surface area contributed by atoms with Gasteiger partial charge in [-0.15, -0.1) is 0 Å². The number of carbonyl (C=O) groups excluding carboxylic acids is 1. The third-order valence-corrected chi connectivity index (χ3v) is 4.61. The number of nitrogens with zero attached hydrogens (tertiary/aromatic N) is 1. The second-order valence-electron chi connectivity index (χ2n) is 6.27. The maximum atomic E-state index is 12.6. The lowest BCUT2D eigenvalue weighted by Crippen LogP contribution is -2.37. The lowest BCUT2D eigenvalue weighted by atomic mass is 10.1. The van der Waals surface area contributed by atoms with Crippen LogP contribution in [0.4, 0.5) is 11.4 Å². The number of rotatable bonds is 6. The summed E-state index contributed by atoms with van der Waals surface area (Å²) in [4.78, 5) is 14.7. The number of carbonyl (C=O) groups is 1. The molecule has 1 aliphatic rings. The second-order valence-corrected chi connectivity index (χ2v) is 6.27. The van der Waals surface area contributed by atoms with Gasteiger partial charge in [-0.3, -0.25) is 4.79 Å². The van der Waals surface area contributed by atoms with E-state index in [-0.39, 0.29) is 18.5 Å².